The van der Waals surface area contributed by atoms with Crippen molar-refractivity contribution in [1.82, 2.24) is 5.32 Å². The van der Waals surface area contributed by atoms with Gasteiger partial charge in [0, 0.05) is 17.8 Å². The third kappa shape index (κ3) is 6.40. The zero-order chi connectivity index (χ0) is 14.5. The molecule has 0 aromatic heterocycles. The first-order valence-electron chi connectivity index (χ1n) is 4.53. The molecule has 0 saturated carbocycles. The number of anilines is 1. The van der Waals surface area contributed by atoms with Crippen LogP contribution in [0, 0.1) is 6.92 Å². The van der Waals surface area contributed by atoms with Gasteiger partial charge < -0.3 is 11.1 Å². The summed E-state index contributed by atoms with van der Waals surface area (Å²) >= 11 is 5.79. The molecular formula is C9H13ClN2O5S. The molecule has 1 aromatic rings. The average Bonchev–Trinajstić information content (AvgIpc) is 2.20. The maximum Gasteiger partial charge on any atom is 0.394 e. The highest BCUT2D eigenvalue weighted by Crippen LogP contribution is 2.22. The second kappa shape index (κ2) is 6.55. The standard InChI is InChI=1S/C9H11ClN2O.H2O4S/c1-5-3-6(10)4-7(8(5)11)9(13)12-2;1-5(2,3)4/h3-4H,11H2,1-2H3,(H,12,13);(H2,1,2,3,4). The minimum Gasteiger partial charge on any atom is -0.398 e. The van der Waals surface area contributed by atoms with Crippen molar-refractivity contribution in [1.29, 1.82) is 0 Å². The van der Waals surface area contributed by atoms with E-state index < -0.39 is 10.4 Å². The second-order valence-corrected chi connectivity index (χ2v) is 4.54. The van der Waals surface area contributed by atoms with Crippen LogP contribution >= 0.6 is 11.6 Å². The van der Waals surface area contributed by atoms with Gasteiger partial charge in [-0.3, -0.25) is 13.9 Å². The fraction of sp³-hybridized carbons (Fsp3) is 0.222. The third-order valence-corrected chi connectivity index (χ3v) is 2.04. The van der Waals surface area contributed by atoms with Gasteiger partial charge in [-0.15, -0.1) is 0 Å². The molecule has 0 saturated heterocycles. The Morgan fingerprint density at radius 3 is 2.22 bits per heavy atom. The van der Waals surface area contributed by atoms with Gasteiger partial charge in [0.15, 0.2) is 0 Å². The summed E-state index contributed by atoms with van der Waals surface area (Å²) in [7, 11) is -3.11. The molecule has 5 N–H and O–H groups in total. The molecule has 18 heavy (non-hydrogen) atoms. The number of hydrogen-bond acceptors (Lipinski definition) is 4. The number of rotatable bonds is 1. The van der Waals surface area contributed by atoms with Crippen molar-refractivity contribution in [3.05, 3.63) is 28.3 Å². The van der Waals surface area contributed by atoms with Crippen molar-refractivity contribution in [2.24, 2.45) is 0 Å². The predicted octanol–water partition coefficient (Wildman–Crippen LogP) is 0.937. The normalized spacial score (nSPS) is 10.3. The highest BCUT2D eigenvalue weighted by Gasteiger charge is 2.10. The molecule has 0 bridgehead atoms. The van der Waals surface area contributed by atoms with Crippen LogP contribution in [0.4, 0.5) is 5.69 Å². The lowest BCUT2D eigenvalue weighted by atomic mass is 10.1. The zero-order valence-electron chi connectivity index (χ0n) is 9.64. The lowest BCUT2D eigenvalue weighted by Crippen LogP contribution is -2.19. The van der Waals surface area contributed by atoms with Crippen LogP contribution < -0.4 is 11.1 Å². The van der Waals surface area contributed by atoms with E-state index in [1.54, 1.807) is 19.2 Å². The minimum atomic E-state index is -4.67. The topological polar surface area (TPSA) is 130 Å². The molecule has 0 radical (unpaired) electrons. The molecule has 0 atom stereocenters. The molecule has 0 aliphatic carbocycles. The van der Waals surface area contributed by atoms with Gasteiger partial charge in [-0.05, 0) is 24.6 Å². The van der Waals surface area contributed by atoms with E-state index in [2.05, 4.69) is 5.32 Å². The first kappa shape index (κ1) is 16.6. The van der Waals surface area contributed by atoms with Crippen LogP contribution in [0.1, 0.15) is 15.9 Å². The van der Waals surface area contributed by atoms with E-state index in [0.29, 0.717) is 16.3 Å². The van der Waals surface area contributed by atoms with Crippen LogP contribution in [0.25, 0.3) is 0 Å². The van der Waals surface area contributed by atoms with Crippen molar-refractivity contribution < 1.29 is 22.3 Å². The quantitative estimate of drug-likeness (QED) is 0.451. The van der Waals surface area contributed by atoms with E-state index in [4.69, 9.17) is 34.9 Å². The molecule has 0 aliphatic heterocycles. The van der Waals surface area contributed by atoms with E-state index in [9.17, 15) is 4.79 Å². The van der Waals surface area contributed by atoms with E-state index >= 15 is 0 Å². The maximum absolute atomic E-state index is 11.3. The van der Waals surface area contributed by atoms with Gasteiger partial charge in [-0.2, -0.15) is 8.42 Å². The SMILES string of the molecule is CNC(=O)c1cc(Cl)cc(C)c1N.O=S(=O)(O)O. The molecule has 0 unspecified atom stereocenters. The lowest BCUT2D eigenvalue weighted by Gasteiger charge is -2.07. The molecule has 1 amide bonds. The van der Waals surface area contributed by atoms with Crippen LogP contribution in [0.3, 0.4) is 0 Å². The molecule has 7 nitrogen and oxygen atoms in total. The second-order valence-electron chi connectivity index (χ2n) is 3.21. The van der Waals surface area contributed by atoms with Crippen molar-refractivity contribution in [3.8, 4) is 0 Å². The Morgan fingerprint density at radius 1 is 1.39 bits per heavy atom. The van der Waals surface area contributed by atoms with Gasteiger partial charge in [0.05, 0.1) is 5.56 Å². The van der Waals surface area contributed by atoms with Crippen LogP contribution in [-0.4, -0.2) is 30.5 Å². The van der Waals surface area contributed by atoms with E-state index in [-0.39, 0.29) is 5.91 Å². The van der Waals surface area contributed by atoms with Crippen LogP contribution in [0.15, 0.2) is 12.1 Å². The highest BCUT2D eigenvalue weighted by molar-refractivity contribution is 7.79. The Labute approximate surface area is 110 Å². The summed E-state index contributed by atoms with van der Waals surface area (Å²) in [6, 6.07) is 3.28. The van der Waals surface area contributed by atoms with Crippen molar-refractivity contribution in [2.45, 2.75) is 6.92 Å². The number of nitrogens with one attached hydrogen (secondary N) is 1. The molecule has 102 valence electrons. The molecule has 9 heteroatoms. The molecule has 1 rings (SSSR count). The summed E-state index contributed by atoms with van der Waals surface area (Å²) < 4.78 is 31.6. The van der Waals surface area contributed by atoms with Gasteiger partial charge in [-0.1, -0.05) is 11.6 Å². The van der Waals surface area contributed by atoms with Crippen LogP contribution in [0.5, 0.6) is 0 Å². The van der Waals surface area contributed by atoms with Crippen LogP contribution in [0.2, 0.25) is 5.02 Å². The van der Waals surface area contributed by atoms with E-state index in [0.717, 1.165) is 5.56 Å². The highest BCUT2D eigenvalue weighted by atomic mass is 35.5. The fourth-order valence-corrected chi connectivity index (χ4v) is 1.35. The number of amides is 1. The fourth-order valence-electron chi connectivity index (χ4n) is 1.08. The van der Waals surface area contributed by atoms with Gasteiger partial charge in [0.25, 0.3) is 5.91 Å². The summed E-state index contributed by atoms with van der Waals surface area (Å²) in [5.74, 6) is -0.219. The number of aryl methyl sites for hydroxylation is 1. The molecule has 0 fully saturated rings. The van der Waals surface area contributed by atoms with Gasteiger partial charge >= 0.3 is 10.4 Å². The number of hydrogen-bond donors (Lipinski definition) is 4. The van der Waals surface area contributed by atoms with E-state index in [1.807, 2.05) is 6.92 Å². The van der Waals surface area contributed by atoms with Gasteiger partial charge in [0.2, 0.25) is 0 Å². The Balaban J connectivity index is 0.000000494. The molecular weight excluding hydrogens is 284 g/mol. The number of halogens is 1. The van der Waals surface area contributed by atoms with Crippen molar-refractivity contribution >= 4 is 33.6 Å². The Kier molecular flexibility index (Phi) is 6.06. The lowest BCUT2D eigenvalue weighted by molar-refractivity contribution is 0.0964. The first-order chi connectivity index (χ1) is 8.06. The number of nitrogen functional groups attached to an aromatic ring is 1. The Morgan fingerprint density at radius 2 is 1.83 bits per heavy atom. The first-order valence-corrected chi connectivity index (χ1v) is 6.31. The number of carbonyl (C=O) groups is 1. The summed E-state index contributed by atoms with van der Waals surface area (Å²) in [5, 5.41) is 3.02. The smallest absolute Gasteiger partial charge is 0.394 e. The molecule has 0 aliphatic rings. The Bertz CT molecular complexity index is 536. The zero-order valence-corrected chi connectivity index (χ0v) is 11.2. The van der Waals surface area contributed by atoms with Crippen molar-refractivity contribution in [2.75, 3.05) is 12.8 Å². The molecule has 1 aromatic carbocycles. The number of nitrogens with two attached hydrogens (primary N) is 1. The monoisotopic (exact) mass is 296 g/mol. The predicted molar refractivity (Wildman–Crippen MR) is 68.2 cm³/mol. The average molecular weight is 297 g/mol. The summed E-state index contributed by atoms with van der Waals surface area (Å²) in [4.78, 5) is 11.3. The number of benzene rings is 1. The third-order valence-electron chi connectivity index (χ3n) is 1.82. The number of carbonyl (C=O) groups excluding carboxylic acids is 1. The van der Waals surface area contributed by atoms with Crippen LogP contribution in [-0.2, 0) is 10.4 Å². The van der Waals surface area contributed by atoms with Gasteiger partial charge in [-0.25, -0.2) is 0 Å². The minimum absolute atomic E-state index is 0.219. The van der Waals surface area contributed by atoms with Gasteiger partial charge in [0.1, 0.15) is 0 Å². The molecule has 0 heterocycles. The maximum atomic E-state index is 11.3. The summed E-state index contributed by atoms with van der Waals surface area (Å²) in [6.45, 7) is 1.81. The molecule has 0 spiro atoms. The largest absolute Gasteiger partial charge is 0.398 e. The van der Waals surface area contributed by atoms with E-state index in [1.165, 1.54) is 0 Å². The Hall–Kier alpha value is -1.35. The summed E-state index contributed by atoms with van der Waals surface area (Å²) in [5.41, 5.74) is 7.42. The summed E-state index contributed by atoms with van der Waals surface area (Å²) in [6.07, 6.45) is 0. The van der Waals surface area contributed by atoms with Crippen molar-refractivity contribution in [3.63, 3.8) is 0 Å².